The Balaban J connectivity index is 3.06. The van der Waals surface area contributed by atoms with Crippen molar-refractivity contribution in [3.05, 3.63) is 33.9 Å². The highest BCUT2D eigenvalue weighted by molar-refractivity contribution is 5.83. The second-order valence-electron chi connectivity index (χ2n) is 4.95. The first-order valence-corrected chi connectivity index (χ1v) is 6.47. The van der Waals surface area contributed by atoms with Crippen LogP contribution in [-0.4, -0.2) is 38.0 Å². The van der Waals surface area contributed by atoms with Crippen molar-refractivity contribution < 1.29 is 14.5 Å². The van der Waals surface area contributed by atoms with Crippen molar-refractivity contribution in [3.63, 3.8) is 0 Å². The third kappa shape index (κ3) is 4.31. The van der Waals surface area contributed by atoms with Crippen molar-refractivity contribution in [1.29, 1.82) is 0 Å². The van der Waals surface area contributed by atoms with Crippen LogP contribution in [0, 0.1) is 16.0 Å². The molecule has 1 rings (SSSR count). The molecule has 0 N–H and O–H groups in total. The Kier molecular flexibility index (Phi) is 6.11. The van der Waals surface area contributed by atoms with Crippen LogP contribution in [0.15, 0.2) is 18.2 Å². The van der Waals surface area contributed by atoms with Crippen molar-refractivity contribution in [2.75, 3.05) is 31.7 Å². The standard InChI is InChI=1S/C14H20N2O4/c1-11(2)9-15(6-7-20-3)13-4-5-14(16(18)19)12(8-13)10-17/h4-5,8,10-11H,6-7,9H2,1-3H3. The molecule has 0 saturated carbocycles. The van der Waals surface area contributed by atoms with E-state index in [4.69, 9.17) is 4.74 Å². The lowest BCUT2D eigenvalue weighted by molar-refractivity contribution is -0.385. The van der Waals surface area contributed by atoms with Gasteiger partial charge in [0.2, 0.25) is 0 Å². The Morgan fingerprint density at radius 1 is 1.45 bits per heavy atom. The third-order valence-corrected chi connectivity index (χ3v) is 2.85. The maximum Gasteiger partial charge on any atom is 0.280 e. The SMILES string of the molecule is COCCN(CC(C)C)c1ccc([N+](=O)[O-])c(C=O)c1. The highest BCUT2D eigenvalue weighted by Gasteiger charge is 2.16. The van der Waals surface area contributed by atoms with Gasteiger partial charge < -0.3 is 9.64 Å². The summed E-state index contributed by atoms with van der Waals surface area (Å²) in [6.45, 7) is 6.20. The molecule has 0 atom stereocenters. The molecule has 0 heterocycles. The number of carbonyl (C=O) groups is 1. The van der Waals surface area contributed by atoms with Crippen LogP contribution in [0.25, 0.3) is 0 Å². The summed E-state index contributed by atoms with van der Waals surface area (Å²) >= 11 is 0. The Hall–Kier alpha value is -1.95. The zero-order chi connectivity index (χ0) is 15.1. The smallest absolute Gasteiger partial charge is 0.280 e. The average Bonchev–Trinajstić information content (AvgIpc) is 2.42. The van der Waals surface area contributed by atoms with E-state index in [1.54, 1.807) is 19.2 Å². The Bertz CT molecular complexity index is 474. The molecule has 0 aliphatic rings. The molecule has 1 aromatic rings. The number of nitro groups is 1. The summed E-state index contributed by atoms with van der Waals surface area (Å²) in [5, 5.41) is 10.8. The molecule has 0 aliphatic heterocycles. The second kappa shape index (κ2) is 7.59. The van der Waals surface area contributed by atoms with E-state index in [1.807, 2.05) is 0 Å². The molecule has 0 saturated heterocycles. The van der Waals surface area contributed by atoms with Crippen molar-refractivity contribution in [2.24, 2.45) is 5.92 Å². The summed E-state index contributed by atoms with van der Waals surface area (Å²) < 4.78 is 5.07. The normalized spacial score (nSPS) is 10.6. The number of hydrogen-bond acceptors (Lipinski definition) is 5. The third-order valence-electron chi connectivity index (χ3n) is 2.85. The van der Waals surface area contributed by atoms with Crippen molar-refractivity contribution in [1.82, 2.24) is 0 Å². The van der Waals surface area contributed by atoms with E-state index in [0.717, 1.165) is 12.2 Å². The van der Waals surface area contributed by atoms with E-state index in [-0.39, 0.29) is 11.3 Å². The zero-order valence-corrected chi connectivity index (χ0v) is 12.0. The lowest BCUT2D eigenvalue weighted by Crippen LogP contribution is -2.31. The maximum absolute atomic E-state index is 11.0. The van der Waals surface area contributed by atoms with Crippen LogP contribution in [0.5, 0.6) is 0 Å². The molecule has 20 heavy (non-hydrogen) atoms. The van der Waals surface area contributed by atoms with Crippen LogP contribution in [-0.2, 0) is 4.74 Å². The number of benzene rings is 1. The molecule has 0 aliphatic carbocycles. The van der Waals surface area contributed by atoms with Crippen LogP contribution in [0.1, 0.15) is 24.2 Å². The molecule has 0 fully saturated rings. The minimum atomic E-state index is -0.546. The van der Waals surface area contributed by atoms with Gasteiger partial charge >= 0.3 is 0 Å². The molecular formula is C14H20N2O4. The highest BCUT2D eigenvalue weighted by Crippen LogP contribution is 2.24. The van der Waals surface area contributed by atoms with Crippen LogP contribution in [0.2, 0.25) is 0 Å². The van der Waals surface area contributed by atoms with Gasteiger partial charge in [0, 0.05) is 32.0 Å². The van der Waals surface area contributed by atoms with E-state index in [1.165, 1.54) is 6.07 Å². The fraction of sp³-hybridized carbons (Fsp3) is 0.500. The summed E-state index contributed by atoms with van der Waals surface area (Å²) in [7, 11) is 1.63. The number of nitro benzene ring substituents is 1. The van der Waals surface area contributed by atoms with E-state index < -0.39 is 4.92 Å². The van der Waals surface area contributed by atoms with Gasteiger partial charge in [-0.25, -0.2) is 0 Å². The zero-order valence-electron chi connectivity index (χ0n) is 12.0. The van der Waals surface area contributed by atoms with Gasteiger partial charge in [-0.05, 0) is 18.1 Å². The average molecular weight is 280 g/mol. The lowest BCUT2D eigenvalue weighted by Gasteiger charge is -2.26. The number of carbonyl (C=O) groups excluding carboxylic acids is 1. The molecule has 0 bridgehead atoms. The first-order valence-electron chi connectivity index (χ1n) is 6.47. The molecule has 6 heteroatoms. The Morgan fingerprint density at radius 2 is 2.15 bits per heavy atom. The van der Waals surface area contributed by atoms with Crippen molar-refractivity contribution in [3.8, 4) is 0 Å². The van der Waals surface area contributed by atoms with E-state index >= 15 is 0 Å². The second-order valence-corrected chi connectivity index (χ2v) is 4.95. The molecule has 0 unspecified atom stereocenters. The van der Waals surface area contributed by atoms with Gasteiger partial charge in [0.25, 0.3) is 5.69 Å². The Labute approximate surface area is 118 Å². The number of methoxy groups -OCH3 is 1. The van der Waals surface area contributed by atoms with Crippen LogP contribution < -0.4 is 4.90 Å². The number of nitrogens with zero attached hydrogens (tertiary/aromatic N) is 2. The number of anilines is 1. The minimum absolute atomic E-state index is 0.0960. The fourth-order valence-electron chi connectivity index (χ4n) is 1.97. The lowest BCUT2D eigenvalue weighted by atomic mass is 10.1. The topological polar surface area (TPSA) is 72.7 Å². The number of ether oxygens (including phenoxy) is 1. The predicted molar refractivity (Wildman–Crippen MR) is 77.4 cm³/mol. The number of aldehydes is 1. The van der Waals surface area contributed by atoms with Gasteiger partial charge in [0.05, 0.1) is 17.1 Å². The predicted octanol–water partition coefficient (Wildman–Crippen LogP) is 2.52. The number of hydrogen-bond donors (Lipinski definition) is 0. The molecule has 110 valence electrons. The summed E-state index contributed by atoms with van der Waals surface area (Å²) in [5.74, 6) is 0.432. The van der Waals surface area contributed by atoms with Gasteiger partial charge in [0.1, 0.15) is 0 Å². The van der Waals surface area contributed by atoms with Crippen molar-refractivity contribution >= 4 is 17.7 Å². The van der Waals surface area contributed by atoms with Gasteiger partial charge in [-0.2, -0.15) is 0 Å². The monoisotopic (exact) mass is 280 g/mol. The van der Waals surface area contributed by atoms with Crippen LogP contribution in [0.4, 0.5) is 11.4 Å². The Morgan fingerprint density at radius 3 is 2.65 bits per heavy atom. The summed E-state index contributed by atoms with van der Waals surface area (Å²) in [6, 6.07) is 4.60. The first-order chi connectivity index (χ1) is 9.49. The van der Waals surface area contributed by atoms with Gasteiger partial charge in [-0.3, -0.25) is 14.9 Å². The molecule has 0 radical (unpaired) electrons. The van der Waals surface area contributed by atoms with Gasteiger partial charge in [0.15, 0.2) is 6.29 Å². The quantitative estimate of drug-likeness (QED) is 0.415. The molecular weight excluding hydrogens is 260 g/mol. The highest BCUT2D eigenvalue weighted by atomic mass is 16.6. The molecule has 6 nitrogen and oxygen atoms in total. The summed E-state index contributed by atoms with van der Waals surface area (Å²) in [4.78, 5) is 23.3. The van der Waals surface area contributed by atoms with Gasteiger partial charge in [-0.15, -0.1) is 0 Å². The largest absolute Gasteiger partial charge is 0.383 e. The van der Waals surface area contributed by atoms with Gasteiger partial charge in [-0.1, -0.05) is 13.8 Å². The minimum Gasteiger partial charge on any atom is -0.383 e. The van der Waals surface area contributed by atoms with Crippen molar-refractivity contribution in [2.45, 2.75) is 13.8 Å². The van der Waals surface area contributed by atoms with E-state index in [0.29, 0.717) is 25.4 Å². The number of rotatable bonds is 8. The van der Waals surface area contributed by atoms with Crippen LogP contribution in [0.3, 0.4) is 0 Å². The molecule has 0 amide bonds. The van der Waals surface area contributed by atoms with E-state index in [2.05, 4.69) is 18.7 Å². The summed E-state index contributed by atoms with van der Waals surface area (Å²) in [5.41, 5.74) is 0.724. The van der Waals surface area contributed by atoms with Crippen LogP contribution >= 0.6 is 0 Å². The summed E-state index contributed by atoms with van der Waals surface area (Å²) in [6.07, 6.45) is 0.519. The maximum atomic E-state index is 11.0. The molecule has 0 aromatic heterocycles. The first kappa shape index (κ1) is 16.1. The van der Waals surface area contributed by atoms with E-state index in [9.17, 15) is 14.9 Å². The fourth-order valence-corrected chi connectivity index (χ4v) is 1.97. The molecule has 0 spiro atoms. The molecule has 1 aromatic carbocycles.